The van der Waals surface area contributed by atoms with Gasteiger partial charge in [0.2, 0.25) is 0 Å². The van der Waals surface area contributed by atoms with Crippen LogP contribution < -0.4 is 5.32 Å². The van der Waals surface area contributed by atoms with Gasteiger partial charge < -0.3 is 5.32 Å². The van der Waals surface area contributed by atoms with Crippen molar-refractivity contribution < 1.29 is 0 Å². The summed E-state index contributed by atoms with van der Waals surface area (Å²) >= 11 is 2.05. The Morgan fingerprint density at radius 1 is 1.22 bits per heavy atom. The summed E-state index contributed by atoms with van der Waals surface area (Å²) in [6, 6.07) is 0.732. The summed E-state index contributed by atoms with van der Waals surface area (Å²) < 4.78 is 0. The molecule has 1 N–H and O–H groups in total. The number of hydrogen-bond acceptors (Lipinski definition) is 2. The Labute approximate surface area is 116 Å². The predicted molar refractivity (Wildman–Crippen MR) is 81.0 cm³/mol. The van der Waals surface area contributed by atoms with Gasteiger partial charge in [-0.25, -0.2) is 0 Å². The van der Waals surface area contributed by atoms with Gasteiger partial charge in [0.25, 0.3) is 0 Å². The summed E-state index contributed by atoms with van der Waals surface area (Å²) in [5, 5.41) is 3.66. The van der Waals surface area contributed by atoms with E-state index in [2.05, 4.69) is 30.7 Å². The lowest BCUT2D eigenvalue weighted by Crippen LogP contribution is -2.56. The molecule has 2 heteroatoms. The van der Waals surface area contributed by atoms with Gasteiger partial charge in [-0.2, -0.15) is 11.8 Å². The van der Waals surface area contributed by atoms with Crippen molar-refractivity contribution in [1.29, 1.82) is 0 Å². The third-order valence-corrected chi connectivity index (χ3v) is 6.73. The summed E-state index contributed by atoms with van der Waals surface area (Å²) in [7, 11) is 2.18. The first-order chi connectivity index (χ1) is 8.75. The van der Waals surface area contributed by atoms with Crippen molar-refractivity contribution in [3.8, 4) is 0 Å². The molecule has 0 amide bonds. The zero-order valence-corrected chi connectivity index (χ0v) is 12.5. The second-order valence-electron chi connectivity index (χ2n) is 6.95. The second-order valence-corrected chi connectivity index (χ2v) is 8.02. The lowest BCUT2D eigenvalue weighted by molar-refractivity contribution is -0.0682. The van der Waals surface area contributed by atoms with Crippen molar-refractivity contribution in [2.24, 2.45) is 23.2 Å². The summed E-state index contributed by atoms with van der Waals surface area (Å²) in [5.74, 6) is 5.57. The van der Waals surface area contributed by atoms with Crippen LogP contribution in [0.15, 0.2) is 12.7 Å². The highest BCUT2D eigenvalue weighted by Crippen LogP contribution is 2.61. The number of hydrogen-bond donors (Lipinski definition) is 1. The predicted octanol–water partition coefficient (Wildman–Crippen LogP) is 3.71. The summed E-state index contributed by atoms with van der Waals surface area (Å²) in [6.45, 7) is 3.83. The first-order valence-electron chi connectivity index (χ1n) is 7.61. The zero-order valence-electron chi connectivity index (χ0n) is 11.7. The molecule has 1 unspecified atom stereocenters. The van der Waals surface area contributed by atoms with Crippen LogP contribution in [-0.4, -0.2) is 24.6 Å². The van der Waals surface area contributed by atoms with Crippen molar-refractivity contribution in [3.63, 3.8) is 0 Å². The van der Waals surface area contributed by atoms with E-state index < -0.39 is 0 Å². The van der Waals surface area contributed by atoms with E-state index in [9.17, 15) is 0 Å². The second kappa shape index (κ2) is 5.20. The largest absolute Gasteiger partial charge is 0.316 e. The molecule has 0 aliphatic heterocycles. The van der Waals surface area contributed by atoms with E-state index in [4.69, 9.17) is 0 Å². The van der Waals surface area contributed by atoms with Crippen molar-refractivity contribution >= 4 is 11.8 Å². The van der Waals surface area contributed by atoms with Crippen LogP contribution in [0.5, 0.6) is 0 Å². The Bertz CT molecular complexity index is 277. The Morgan fingerprint density at radius 3 is 2.22 bits per heavy atom. The molecule has 18 heavy (non-hydrogen) atoms. The summed E-state index contributed by atoms with van der Waals surface area (Å²) in [4.78, 5) is 0. The highest BCUT2D eigenvalue weighted by Gasteiger charge is 2.53. The van der Waals surface area contributed by atoms with E-state index in [1.54, 1.807) is 19.3 Å². The van der Waals surface area contributed by atoms with Crippen molar-refractivity contribution in [3.05, 3.63) is 12.7 Å². The minimum atomic E-state index is 0.650. The van der Waals surface area contributed by atoms with Crippen LogP contribution in [0.2, 0.25) is 0 Å². The third-order valence-electron chi connectivity index (χ3n) is 5.69. The zero-order chi connectivity index (χ0) is 12.6. The van der Waals surface area contributed by atoms with Gasteiger partial charge >= 0.3 is 0 Å². The van der Waals surface area contributed by atoms with Crippen LogP contribution in [0, 0.1) is 23.2 Å². The van der Waals surface area contributed by atoms with Crippen LogP contribution in [0.1, 0.15) is 38.5 Å². The highest BCUT2D eigenvalue weighted by atomic mass is 32.2. The van der Waals surface area contributed by atoms with E-state index in [0.29, 0.717) is 5.41 Å². The molecule has 4 aliphatic carbocycles. The third kappa shape index (κ3) is 2.27. The number of nitrogens with one attached hydrogen (secondary N) is 1. The van der Waals surface area contributed by atoms with E-state index in [0.717, 1.165) is 29.5 Å². The summed E-state index contributed by atoms with van der Waals surface area (Å²) in [5.41, 5.74) is 0.650. The lowest BCUT2D eigenvalue weighted by Gasteiger charge is -2.59. The molecule has 0 heterocycles. The fourth-order valence-electron chi connectivity index (χ4n) is 5.44. The molecule has 4 rings (SSSR count). The average Bonchev–Trinajstić information content (AvgIpc) is 2.32. The normalized spacial score (nSPS) is 43.1. The first kappa shape index (κ1) is 13.1. The fourth-order valence-corrected chi connectivity index (χ4v) is 6.50. The van der Waals surface area contributed by atoms with Crippen molar-refractivity contribution in [2.45, 2.75) is 44.6 Å². The Morgan fingerprint density at radius 2 is 1.78 bits per heavy atom. The molecule has 4 bridgehead atoms. The minimum absolute atomic E-state index is 0.650. The monoisotopic (exact) mass is 265 g/mol. The molecule has 0 aromatic heterocycles. The van der Waals surface area contributed by atoms with Gasteiger partial charge in [-0.05, 0) is 68.7 Å². The smallest absolute Gasteiger partial charge is 0.0212 e. The topological polar surface area (TPSA) is 12.0 Å². The van der Waals surface area contributed by atoms with E-state index in [1.165, 1.54) is 25.0 Å². The number of thioether (sulfide) groups is 1. The van der Waals surface area contributed by atoms with Gasteiger partial charge in [0, 0.05) is 17.5 Å². The van der Waals surface area contributed by atoms with Crippen LogP contribution >= 0.6 is 11.8 Å². The molecule has 0 saturated heterocycles. The van der Waals surface area contributed by atoms with Gasteiger partial charge in [-0.1, -0.05) is 6.08 Å². The van der Waals surface area contributed by atoms with E-state index in [-0.39, 0.29) is 0 Å². The molecule has 0 radical (unpaired) electrons. The minimum Gasteiger partial charge on any atom is -0.316 e. The molecular weight excluding hydrogens is 238 g/mol. The van der Waals surface area contributed by atoms with E-state index >= 15 is 0 Å². The standard InChI is InChI=1S/C16H27NS/c1-3-4-18-11-15(17-2)16-8-12-5-13(9-16)7-14(6-12)10-16/h3,12-15,17H,1,4-11H2,2H3. The van der Waals surface area contributed by atoms with Crippen LogP contribution in [0.4, 0.5) is 0 Å². The van der Waals surface area contributed by atoms with Crippen molar-refractivity contribution in [2.75, 3.05) is 18.6 Å². The first-order valence-corrected chi connectivity index (χ1v) is 8.77. The molecular formula is C16H27NS. The maximum atomic E-state index is 3.83. The molecule has 0 aromatic carbocycles. The SMILES string of the molecule is C=CCSCC(NC)C12CC3CC(CC(C3)C1)C2. The quantitative estimate of drug-likeness (QED) is 0.580. The van der Waals surface area contributed by atoms with Crippen LogP contribution in [-0.2, 0) is 0 Å². The van der Waals surface area contributed by atoms with Gasteiger partial charge in [0.05, 0.1) is 0 Å². The van der Waals surface area contributed by atoms with Crippen LogP contribution in [0.25, 0.3) is 0 Å². The lowest BCUT2D eigenvalue weighted by atomic mass is 9.48. The molecule has 102 valence electrons. The maximum absolute atomic E-state index is 3.83. The Kier molecular flexibility index (Phi) is 3.77. The van der Waals surface area contributed by atoms with Gasteiger partial charge in [0.15, 0.2) is 0 Å². The molecule has 0 spiro atoms. The summed E-state index contributed by atoms with van der Waals surface area (Å²) in [6.07, 6.45) is 11.2. The number of rotatable bonds is 6. The molecule has 0 aromatic rings. The Balaban J connectivity index is 1.70. The van der Waals surface area contributed by atoms with E-state index in [1.807, 2.05) is 6.08 Å². The maximum Gasteiger partial charge on any atom is 0.0212 e. The molecule has 4 aliphatic rings. The van der Waals surface area contributed by atoms with Gasteiger partial charge in [-0.15, -0.1) is 6.58 Å². The average molecular weight is 265 g/mol. The highest BCUT2D eigenvalue weighted by molar-refractivity contribution is 7.99. The van der Waals surface area contributed by atoms with Crippen molar-refractivity contribution in [1.82, 2.24) is 5.32 Å². The van der Waals surface area contributed by atoms with Gasteiger partial charge in [-0.3, -0.25) is 0 Å². The van der Waals surface area contributed by atoms with Crippen LogP contribution in [0.3, 0.4) is 0 Å². The molecule has 1 nitrogen and oxygen atoms in total. The molecule has 1 atom stereocenters. The molecule has 4 saturated carbocycles. The fraction of sp³-hybridized carbons (Fsp3) is 0.875. The Hall–Kier alpha value is 0.0500. The van der Waals surface area contributed by atoms with Gasteiger partial charge in [0.1, 0.15) is 0 Å². The molecule has 4 fully saturated rings.